The maximum atomic E-state index is 13.6. The molecule has 2 N–H and O–H groups in total. The SMILES string of the molecule is NC1(c2ccccc2Cl)C(=O)N(S(=O)(=O)c2ccc([N+](=O)[O-])cc2)c2ccc(Cl)cc21. The number of rotatable bonds is 4. The van der Waals surface area contributed by atoms with Crippen molar-refractivity contribution in [1.82, 2.24) is 0 Å². The zero-order valence-corrected chi connectivity index (χ0v) is 17.9. The molecule has 11 heteroatoms. The Morgan fingerprint density at radius 3 is 2.23 bits per heavy atom. The zero-order valence-electron chi connectivity index (χ0n) is 15.5. The lowest BCUT2D eigenvalue weighted by Gasteiger charge is -2.25. The molecule has 31 heavy (non-hydrogen) atoms. The predicted molar refractivity (Wildman–Crippen MR) is 116 cm³/mol. The summed E-state index contributed by atoms with van der Waals surface area (Å²) in [6.45, 7) is 0. The van der Waals surface area contributed by atoms with Crippen LogP contribution >= 0.6 is 23.2 Å². The Morgan fingerprint density at radius 2 is 1.61 bits per heavy atom. The number of hydrogen-bond donors (Lipinski definition) is 1. The molecule has 0 bridgehead atoms. The largest absolute Gasteiger partial charge is 0.310 e. The van der Waals surface area contributed by atoms with Gasteiger partial charge in [-0.05, 0) is 36.4 Å². The molecule has 0 spiro atoms. The van der Waals surface area contributed by atoms with Gasteiger partial charge in [0.05, 0.1) is 15.5 Å². The van der Waals surface area contributed by atoms with Gasteiger partial charge >= 0.3 is 0 Å². The van der Waals surface area contributed by atoms with E-state index in [9.17, 15) is 23.3 Å². The van der Waals surface area contributed by atoms with Gasteiger partial charge in [0.25, 0.3) is 21.6 Å². The number of halogens is 2. The lowest BCUT2D eigenvalue weighted by atomic mass is 9.85. The van der Waals surface area contributed by atoms with Gasteiger partial charge in [-0.15, -0.1) is 0 Å². The lowest BCUT2D eigenvalue weighted by molar-refractivity contribution is -0.384. The van der Waals surface area contributed by atoms with Gasteiger partial charge in [-0.25, -0.2) is 12.7 Å². The van der Waals surface area contributed by atoms with Crippen molar-refractivity contribution in [3.05, 3.63) is 98.0 Å². The van der Waals surface area contributed by atoms with Crippen LogP contribution < -0.4 is 10.0 Å². The predicted octanol–water partition coefficient (Wildman–Crippen LogP) is 3.84. The van der Waals surface area contributed by atoms with Gasteiger partial charge in [0.1, 0.15) is 0 Å². The van der Waals surface area contributed by atoms with E-state index in [0.717, 1.165) is 24.3 Å². The summed E-state index contributed by atoms with van der Waals surface area (Å²) in [5.41, 5.74) is 4.75. The molecule has 158 valence electrons. The number of hydrogen-bond acceptors (Lipinski definition) is 6. The molecule has 1 amide bonds. The van der Waals surface area contributed by atoms with E-state index in [4.69, 9.17) is 28.9 Å². The second-order valence-electron chi connectivity index (χ2n) is 6.77. The first-order valence-electron chi connectivity index (χ1n) is 8.76. The van der Waals surface area contributed by atoms with Crippen molar-refractivity contribution in [2.24, 2.45) is 5.73 Å². The molecule has 3 aromatic carbocycles. The van der Waals surface area contributed by atoms with E-state index in [1.165, 1.54) is 30.3 Å². The highest BCUT2D eigenvalue weighted by molar-refractivity contribution is 7.93. The zero-order chi connectivity index (χ0) is 22.6. The highest BCUT2D eigenvalue weighted by Crippen LogP contribution is 2.47. The van der Waals surface area contributed by atoms with Crippen LogP contribution in [0.4, 0.5) is 11.4 Å². The monoisotopic (exact) mass is 477 g/mol. The number of amides is 1. The standard InChI is InChI=1S/C20H13Cl2N3O5S/c21-12-5-10-18-16(11-12)20(23,15-3-1-2-4-17(15)22)19(26)24(18)31(29,30)14-8-6-13(7-9-14)25(27)28/h1-11H,23H2. The van der Waals surface area contributed by atoms with Gasteiger partial charge in [-0.1, -0.05) is 41.4 Å². The number of benzene rings is 3. The number of nitro benzene ring substituents is 1. The summed E-state index contributed by atoms with van der Waals surface area (Å²) in [4.78, 5) is 23.5. The van der Waals surface area contributed by atoms with Gasteiger partial charge in [-0.2, -0.15) is 0 Å². The molecule has 0 saturated carbocycles. The highest BCUT2D eigenvalue weighted by atomic mass is 35.5. The summed E-state index contributed by atoms with van der Waals surface area (Å²) < 4.78 is 27.4. The Labute approximate surface area is 187 Å². The summed E-state index contributed by atoms with van der Waals surface area (Å²) in [5.74, 6) is -0.948. The maximum Gasteiger partial charge on any atom is 0.270 e. The summed E-state index contributed by atoms with van der Waals surface area (Å²) in [5, 5.41) is 11.3. The van der Waals surface area contributed by atoms with Gasteiger partial charge in [0.15, 0.2) is 5.54 Å². The number of carbonyl (C=O) groups excluding carboxylic acids is 1. The van der Waals surface area contributed by atoms with Crippen LogP contribution in [0.2, 0.25) is 10.0 Å². The van der Waals surface area contributed by atoms with Crippen molar-refractivity contribution < 1.29 is 18.1 Å². The Bertz CT molecular complexity index is 1350. The van der Waals surface area contributed by atoms with Crippen molar-refractivity contribution in [1.29, 1.82) is 0 Å². The summed E-state index contributed by atoms with van der Waals surface area (Å²) >= 11 is 12.4. The van der Waals surface area contributed by atoms with E-state index in [-0.39, 0.29) is 37.4 Å². The topological polar surface area (TPSA) is 124 Å². The van der Waals surface area contributed by atoms with Crippen molar-refractivity contribution in [2.45, 2.75) is 10.4 Å². The Balaban J connectivity index is 1.94. The average molecular weight is 478 g/mol. The molecular weight excluding hydrogens is 465 g/mol. The number of non-ortho nitro benzene ring substituents is 1. The first-order valence-corrected chi connectivity index (χ1v) is 11.0. The molecular formula is C20H13Cl2N3O5S. The number of sulfonamides is 1. The van der Waals surface area contributed by atoms with E-state index in [0.29, 0.717) is 4.31 Å². The molecule has 8 nitrogen and oxygen atoms in total. The van der Waals surface area contributed by atoms with E-state index in [1.807, 2.05) is 0 Å². The summed E-state index contributed by atoms with van der Waals surface area (Å²) in [7, 11) is -4.45. The number of fused-ring (bicyclic) bond motifs is 1. The molecule has 1 aliphatic heterocycles. The molecule has 0 fully saturated rings. The van der Waals surface area contributed by atoms with Crippen LogP contribution in [0.15, 0.2) is 71.6 Å². The molecule has 0 saturated heterocycles. The molecule has 1 aliphatic rings. The average Bonchev–Trinajstić information content (AvgIpc) is 2.96. The van der Waals surface area contributed by atoms with Crippen LogP contribution in [0.25, 0.3) is 0 Å². The van der Waals surface area contributed by atoms with Crippen molar-refractivity contribution in [2.75, 3.05) is 4.31 Å². The Kier molecular flexibility index (Phi) is 5.01. The van der Waals surface area contributed by atoms with Gasteiger partial charge in [0, 0.05) is 33.3 Å². The van der Waals surface area contributed by atoms with Crippen LogP contribution in [-0.2, 0) is 20.4 Å². The van der Waals surface area contributed by atoms with Crippen LogP contribution in [0.3, 0.4) is 0 Å². The van der Waals surface area contributed by atoms with E-state index in [2.05, 4.69) is 0 Å². The summed E-state index contributed by atoms with van der Waals surface area (Å²) in [6.07, 6.45) is 0. The molecule has 1 heterocycles. The van der Waals surface area contributed by atoms with Crippen LogP contribution in [0.1, 0.15) is 11.1 Å². The minimum atomic E-state index is -4.45. The first kappa shape index (κ1) is 21.3. The van der Waals surface area contributed by atoms with E-state index >= 15 is 0 Å². The number of nitrogens with zero attached hydrogens (tertiary/aromatic N) is 2. The quantitative estimate of drug-likeness (QED) is 0.449. The molecule has 1 atom stereocenters. The minimum Gasteiger partial charge on any atom is -0.310 e. The normalized spacial score (nSPS) is 18.2. The highest BCUT2D eigenvalue weighted by Gasteiger charge is 2.54. The number of nitrogens with two attached hydrogens (primary N) is 1. The van der Waals surface area contributed by atoms with Crippen LogP contribution in [-0.4, -0.2) is 19.2 Å². The molecule has 0 radical (unpaired) electrons. The third kappa shape index (κ3) is 3.17. The number of nitro groups is 1. The maximum absolute atomic E-state index is 13.6. The van der Waals surface area contributed by atoms with Crippen LogP contribution in [0.5, 0.6) is 0 Å². The molecule has 3 aromatic rings. The van der Waals surface area contributed by atoms with Crippen LogP contribution in [0, 0.1) is 10.1 Å². The van der Waals surface area contributed by atoms with Gasteiger partial charge < -0.3 is 5.73 Å². The molecule has 4 rings (SSSR count). The number of anilines is 1. The molecule has 1 unspecified atom stereocenters. The van der Waals surface area contributed by atoms with Gasteiger partial charge in [-0.3, -0.25) is 14.9 Å². The summed E-state index contributed by atoms with van der Waals surface area (Å²) in [6, 6.07) is 14.8. The van der Waals surface area contributed by atoms with Crippen molar-refractivity contribution >= 4 is 50.5 Å². The second-order valence-corrected chi connectivity index (χ2v) is 9.41. The Morgan fingerprint density at radius 1 is 0.968 bits per heavy atom. The smallest absolute Gasteiger partial charge is 0.270 e. The van der Waals surface area contributed by atoms with Crippen molar-refractivity contribution in [3.8, 4) is 0 Å². The molecule has 0 aliphatic carbocycles. The fourth-order valence-corrected chi connectivity index (χ4v) is 5.44. The second kappa shape index (κ2) is 7.31. The van der Waals surface area contributed by atoms with Gasteiger partial charge in [0.2, 0.25) is 0 Å². The fraction of sp³-hybridized carbons (Fsp3) is 0.0500. The Hall–Kier alpha value is -2.98. The van der Waals surface area contributed by atoms with Crippen molar-refractivity contribution in [3.63, 3.8) is 0 Å². The third-order valence-electron chi connectivity index (χ3n) is 5.01. The first-order chi connectivity index (χ1) is 14.6. The minimum absolute atomic E-state index is 0.0233. The number of carbonyl (C=O) groups is 1. The fourth-order valence-electron chi connectivity index (χ4n) is 3.51. The lowest BCUT2D eigenvalue weighted by Crippen LogP contribution is -2.49. The van der Waals surface area contributed by atoms with E-state index < -0.39 is 26.4 Å². The third-order valence-corrected chi connectivity index (χ3v) is 7.28. The molecule has 0 aromatic heterocycles. The van der Waals surface area contributed by atoms with E-state index in [1.54, 1.807) is 12.1 Å².